The molecule has 0 spiro atoms. The Kier molecular flexibility index (Phi) is 4.86. The Bertz CT molecular complexity index is 846. The van der Waals surface area contributed by atoms with E-state index in [1.807, 2.05) is 29.2 Å². The molecule has 7 nitrogen and oxygen atoms in total. The number of anilines is 1. The first kappa shape index (κ1) is 17.8. The molecule has 2 saturated heterocycles. The van der Waals surface area contributed by atoms with Crippen LogP contribution in [0.3, 0.4) is 0 Å². The van der Waals surface area contributed by atoms with E-state index in [4.69, 9.17) is 14.2 Å². The predicted molar refractivity (Wildman–Crippen MR) is 104 cm³/mol. The van der Waals surface area contributed by atoms with Crippen LogP contribution in [0.15, 0.2) is 28.8 Å². The Morgan fingerprint density at radius 2 is 2.00 bits per heavy atom. The van der Waals surface area contributed by atoms with Gasteiger partial charge in [0.05, 0.1) is 13.2 Å². The van der Waals surface area contributed by atoms with Crippen LogP contribution < -0.4 is 4.90 Å². The molecule has 2 aliphatic heterocycles. The maximum atomic E-state index is 12.1. The average Bonchev–Trinajstić information content (AvgIpc) is 3.50. The molecule has 3 fully saturated rings. The van der Waals surface area contributed by atoms with Gasteiger partial charge < -0.3 is 14.2 Å². The van der Waals surface area contributed by atoms with Crippen LogP contribution in [-0.4, -0.2) is 53.3 Å². The van der Waals surface area contributed by atoms with Gasteiger partial charge in [-0.1, -0.05) is 30.1 Å². The molecule has 0 N–H and O–H groups in total. The minimum absolute atomic E-state index is 0.0291. The fraction of sp³-hybridized carbons (Fsp3) is 0.571. The highest BCUT2D eigenvalue weighted by Crippen LogP contribution is 2.33. The molecule has 3 aliphatic rings. The maximum Gasteiger partial charge on any atom is 0.246 e. The zero-order valence-corrected chi connectivity index (χ0v) is 16.0. The average molecular weight is 382 g/mol. The Labute approximate surface area is 164 Å². The summed E-state index contributed by atoms with van der Waals surface area (Å²) in [5.41, 5.74) is 1.77. The molecule has 1 unspecified atom stereocenters. The van der Waals surface area contributed by atoms with Gasteiger partial charge in [0, 0.05) is 36.8 Å². The van der Waals surface area contributed by atoms with Crippen molar-refractivity contribution in [2.24, 2.45) is 0 Å². The number of aromatic nitrogens is 2. The zero-order chi connectivity index (χ0) is 18.9. The summed E-state index contributed by atoms with van der Waals surface area (Å²) in [5, 5.41) is 4.24. The van der Waals surface area contributed by atoms with Crippen molar-refractivity contribution in [3.63, 3.8) is 0 Å². The number of rotatable bonds is 4. The minimum Gasteiger partial charge on any atom is -0.378 e. The van der Waals surface area contributed by atoms with Gasteiger partial charge in [0.1, 0.15) is 6.04 Å². The van der Waals surface area contributed by atoms with Crippen molar-refractivity contribution < 1.29 is 14.1 Å². The number of nitrogens with zero attached hydrogens (tertiary/aromatic N) is 4. The number of carbonyl (C=O) groups excluding carboxylic acids is 1. The number of benzene rings is 1. The third-order valence-electron chi connectivity index (χ3n) is 6.18. The van der Waals surface area contributed by atoms with Gasteiger partial charge >= 0.3 is 0 Å². The molecule has 2 aromatic rings. The Morgan fingerprint density at radius 3 is 2.82 bits per heavy atom. The quantitative estimate of drug-likeness (QED) is 0.809. The first-order valence-electron chi connectivity index (χ1n) is 10.4. The van der Waals surface area contributed by atoms with E-state index in [0.29, 0.717) is 30.8 Å². The van der Waals surface area contributed by atoms with Gasteiger partial charge in [-0.05, 0) is 31.4 Å². The molecule has 1 amide bonds. The van der Waals surface area contributed by atoms with Crippen molar-refractivity contribution in [3.05, 3.63) is 30.2 Å². The highest BCUT2D eigenvalue weighted by Gasteiger charge is 2.35. The van der Waals surface area contributed by atoms with E-state index < -0.39 is 0 Å². The molecule has 0 radical (unpaired) electrons. The smallest absolute Gasteiger partial charge is 0.246 e. The minimum atomic E-state index is 0.0291. The summed E-state index contributed by atoms with van der Waals surface area (Å²) in [6.45, 7) is 3.05. The lowest BCUT2D eigenvalue weighted by Gasteiger charge is -2.37. The second-order valence-electron chi connectivity index (χ2n) is 7.92. The fourth-order valence-electron chi connectivity index (χ4n) is 4.72. The first-order chi connectivity index (χ1) is 13.8. The number of ether oxygens (including phenoxy) is 1. The summed E-state index contributed by atoms with van der Waals surface area (Å²) in [7, 11) is 0. The molecule has 7 heteroatoms. The zero-order valence-electron chi connectivity index (χ0n) is 16.0. The number of hydrogen-bond donors (Lipinski definition) is 0. The van der Waals surface area contributed by atoms with Crippen LogP contribution >= 0.6 is 0 Å². The summed E-state index contributed by atoms with van der Waals surface area (Å²) in [4.78, 5) is 21.1. The van der Waals surface area contributed by atoms with E-state index in [2.05, 4.69) is 10.1 Å². The van der Waals surface area contributed by atoms with E-state index in [1.54, 1.807) is 0 Å². The molecule has 3 heterocycles. The van der Waals surface area contributed by atoms with Gasteiger partial charge in [0.25, 0.3) is 0 Å². The Hall–Kier alpha value is -2.25. The van der Waals surface area contributed by atoms with Crippen LogP contribution in [0.5, 0.6) is 0 Å². The van der Waals surface area contributed by atoms with Crippen LogP contribution in [0, 0.1) is 0 Å². The van der Waals surface area contributed by atoms with Gasteiger partial charge in [0.2, 0.25) is 17.6 Å². The van der Waals surface area contributed by atoms with E-state index in [-0.39, 0.29) is 11.9 Å². The molecular formula is C21H26N4O3. The standard InChI is InChI=1S/C21H26N4O3/c26-19-9-4-10-25(19)17-8-3-5-15(13-17)20-22-21(28-23-20)18-14-27-12-11-24(18)16-6-1-2-7-16/h3,5,8,13,16,18H,1-2,4,6-7,9-12,14H2. The summed E-state index contributed by atoms with van der Waals surface area (Å²) >= 11 is 0. The third-order valence-corrected chi connectivity index (χ3v) is 6.18. The topological polar surface area (TPSA) is 71.7 Å². The van der Waals surface area contributed by atoms with Gasteiger partial charge in [0.15, 0.2) is 0 Å². The van der Waals surface area contributed by atoms with Crippen molar-refractivity contribution in [2.45, 2.75) is 50.6 Å². The monoisotopic (exact) mass is 382 g/mol. The van der Waals surface area contributed by atoms with Gasteiger partial charge in [-0.2, -0.15) is 4.98 Å². The lowest BCUT2D eigenvalue weighted by molar-refractivity contribution is -0.117. The van der Waals surface area contributed by atoms with Crippen molar-refractivity contribution in [3.8, 4) is 11.4 Å². The van der Waals surface area contributed by atoms with Crippen molar-refractivity contribution in [1.82, 2.24) is 15.0 Å². The van der Waals surface area contributed by atoms with Crippen LogP contribution in [0.4, 0.5) is 5.69 Å². The molecule has 1 atom stereocenters. The molecule has 5 rings (SSSR count). The van der Waals surface area contributed by atoms with Gasteiger partial charge in [-0.3, -0.25) is 9.69 Å². The Balaban J connectivity index is 1.39. The highest BCUT2D eigenvalue weighted by atomic mass is 16.5. The van der Waals surface area contributed by atoms with Crippen LogP contribution in [-0.2, 0) is 9.53 Å². The maximum absolute atomic E-state index is 12.1. The van der Waals surface area contributed by atoms with E-state index >= 15 is 0 Å². The predicted octanol–water partition coefficient (Wildman–Crippen LogP) is 3.18. The SMILES string of the molecule is O=C1CCCN1c1cccc(-c2noc(C3COCCN3C3CCCC3)n2)c1. The summed E-state index contributed by atoms with van der Waals surface area (Å²) in [6.07, 6.45) is 6.61. The summed E-state index contributed by atoms with van der Waals surface area (Å²) in [5.74, 6) is 1.38. The normalized spacial score (nSPS) is 24.4. The molecule has 1 saturated carbocycles. The number of hydrogen-bond acceptors (Lipinski definition) is 6. The van der Waals surface area contributed by atoms with Crippen LogP contribution in [0.1, 0.15) is 50.5 Å². The Morgan fingerprint density at radius 1 is 1.11 bits per heavy atom. The molecule has 0 bridgehead atoms. The van der Waals surface area contributed by atoms with Gasteiger partial charge in [-0.25, -0.2) is 0 Å². The fourth-order valence-corrected chi connectivity index (χ4v) is 4.72. The molecular weight excluding hydrogens is 356 g/mol. The van der Waals surface area contributed by atoms with Crippen molar-refractivity contribution >= 4 is 11.6 Å². The molecule has 1 aliphatic carbocycles. The lowest BCUT2D eigenvalue weighted by Crippen LogP contribution is -2.44. The molecule has 1 aromatic carbocycles. The highest BCUT2D eigenvalue weighted by molar-refractivity contribution is 5.95. The second kappa shape index (κ2) is 7.64. The molecule has 1 aromatic heterocycles. The summed E-state index contributed by atoms with van der Waals surface area (Å²) in [6, 6.07) is 8.47. The second-order valence-corrected chi connectivity index (χ2v) is 7.92. The largest absolute Gasteiger partial charge is 0.378 e. The number of carbonyl (C=O) groups is 1. The number of morpholine rings is 1. The van der Waals surface area contributed by atoms with Crippen molar-refractivity contribution in [1.29, 1.82) is 0 Å². The molecule has 28 heavy (non-hydrogen) atoms. The lowest BCUT2D eigenvalue weighted by atomic mass is 10.1. The molecule has 148 valence electrons. The third kappa shape index (κ3) is 3.33. The van der Waals surface area contributed by atoms with Gasteiger partial charge in [-0.15, -0.1) is 0 Å². The van der Waals surface area contributed by atoms with E-state index in [9.17, 15) is 4.79 Å². The first-order valence-corrected chi connectivity index (χ1v) is 10.4. The van der Waals surface area contributed by atoms with Crippen LogP contribution in [0.2, 0.25) is 0 Å². The van der Waals surface area contributed by atoms with E-state index in [1.165, 1.54) is 25.7 Å². The van der Waals surface area contributed by atoms with E-state index in [0.717, 1.165) is 37.4 Å². The number of amides is 1. The van der Waals surface area contributed by atoms with Crippen molar-refractivity contribution in [2.75, 3.05) is 31.2 Å². The summed E-state index contributed by atoms with van der Waals surface area (Å²) < 4.78 is 11.4. The van der Waals surface area contributed by atoms with Crippen LogP contribution in [0.25, 0.3) is 11.4 Å².